The van der Waals surface area contributed by atoms with Gasteiger partial charge in [-0.15, -0.1) is 0 Å². The number of nitrogens with one attached hydrogen (secondary N) is 1. The summed E-state index contributed by atoms with van der Waals surface area (Å²) < 4.78 is 65.0. The quantitative estimate of drug-likeness (QED) is 0.845. The van der Waals surface area contributed by atoms with Crippen molar-refractivity contribution in [3.63, 3.8) is 0 Å². The second kappa shape index (κ2) is 6.33. The van der Waals surface area contributed by atoms with E-state index in [9.17, 15) is 26.4 Å². The summed E-state index contributed by atoms with van der Waals surface area (Å²) in [5.41, 5.74) is -1.92. The van der Waals surface area contributed by atoms with Gasteiger partial charge in [0.2, 0.25) is 0 Å². The van der Waals surface area contributed by atoms with Crippen LogP contribution in [0.3, 0.4) is 0 Å². The number of benzene rings is 2. The molecule has 0 unspecified atom stereocenters. The third kappa shape index (κ3) is 3.80. The molecule has 0 saturated heterocycles. The number of sulfonamides is 1. The smallest absolute Gasteiger partial charge is 0.417 e. The van der Waals surface area contributed by atoms with Crippen LogP contribution in [0, 0.1) is 0 Å². The Labute approximate surface area is 139 Å². The first-order valence-electron chi connectivity index (χ1n) is 6.24. The molecule has 128 valence electrons. The Morgan fingerprint density at radius 1 is 1.12 bits per heavy atom. The molecular formula is C14H9ClF3NO4S. The lowest BCUT2D eigenvalue weighted by Gasteiger charge is -2.13. The van der Waals surface area contributed by atoms with E-state index in [0.717, 1.165) is 18.2 Å². The molecule has 0 saturated carbocycles. The number of carboxylic acid groups (broad SMARTS) is 1. The van der Waals surface area contributed by atoms with Gasteiger partial charge in [0, 0.05) is 0 Å². The van der Waals surface area contributed by atoms with Gasteiger partial charge in [0.15, 0.2) is 0 Å². The molecule has 2 aromatic carbocycles. The van der Waals surface area contributed by atoms with Crippen LogP contribution in [-0.2, 0) is 16.2 Å². The van der Waals surface area contributed by atoms with E-state index >= 15 is 0 Å². The molecule has 0 fully saturated rings. The van der Waals surface area contributed by atoms with Gasteiger partial charge in [-0.05, 0) is 30.3 Å². The van der Waals surface area contributed by atoms with Crippen molar-refractivity contribution in [1.82, 2.24) is 0 Å². The van der Waals surface area contributed by atoms with E-state index in [0.29, 0.717) is 6.07 Å². The fourth-order valence-corrected chi connectivity index (χ4v) is 3.18. The number of carboxylic acids is 1. The lowest BCUT2D eigenvalue weighted by atomic mass is 10.2. The molecule has 10 heteroatoms. The molecule has 0 atom stereocenters. The fourth-order valence-electron chi connectivity index (χ4n) is 1.85. The minimum atomic E-state index is -4.83. The van der Waals surface area contributed by atoms with Gasteiger partial charge in [0.05, 0.1) is 26.7 Å². The van der Waals surface area contributed by atoms with Gasteiger partial charge < -0.3 is 5.11 Å². The molecule has 0 spiro atoms. The molecule has 5 nitrogen and oxygen atoms in total. The van der Waals surface area contributed by atoms with Gasteiger partial charge in [0.25, 0.3) is 10.0 Å². The number of aromatic carboxylic acids is 1. The van der Waals surface area contributed by atoms with Crippen molar-refractivity contribution in [3.8, 4) is 0 Å². The summed E-state index contributed by atoms with van der Waals surface area (Å²) in [7, 11) is -4.44. The molecule has 24 heavy (non-hydrogen) atoms. The highest BCUT2D eigenvalue weighted by molar-refractivity contribution is 7.92. The highest BCUT2D eigenvalue weighted by atomic mass is 35.5. The molecule has 0 aromatic heterocycles. The Bertz CT molecular complexity index is 897. The Morgan fingerprint density at radius 2 is 1.75 bits per heavy atom. The molecule has 0 radical (unpaired) electrons. The first-order chi connectivity index (χ1) is 11.0. The molecule has 0 amide bonds. The van der Waals surface area contributed by atoms with Crippen molar-refractivity contribution in [1.29, 1.82) is 0 Å². The summed E-state index contributed by atoms with van der Waals surface area (Å²) in [6, 6.07) is 7.18. The molecule has 0 heterocycles. The first-order valence-corrected chi connectivity index (χ1v) is 8.10. The van der Waals surface area contributed by atoms with Gasteiger partial charge in [0.1, 0.15) is 0 Å². The van der Waals surface area contributed by atoms with Crippen LogP contribution in [0.2, 0.25) is 5.02 Å². The number of rotatable bonds is 4. The summed E-state index contributed by atoms with van der Waals surface area (Å²) in [6.45, 7) is 0. The van der Waals surface area contributed by atoms with Gasteiger partial charge >= 0.3 is 12.1 Å². The Hall–Kier alpha value is -2.26. The molecule has 2 N–H and O–H groups in total. The van der Waals surface area contributed by atoms with Crippen molar-refractivity contribution < 1.29 is 31.5 Å². The van der Waals surface area contributed by atoms with E-state index in [1.54, 1.807) is 0 Å². The van der Waals surface area contributed by atoms with E-state index in [2.05, 4.69) is 0 Å². The van der Waals surface area contributed by atoms with Gasteiger partial charge in [-0.3, -0.25) is 4.72 Å². The highest BCUT2D eigenvalue weighted by Crippen LogP contribution is 2.36. The summed E-state index contributed by atoms with van der Waals surface area (Å²) in [6.07, 6.45) is -4.83. The van der Waals surface area contributed by atoms with Crippen LogP contribution < -0.4 is 4.72 Å². The minimum Gasteiger partial charge on any atom is -0.478 e. The third-order valence-corrected chi connectivity index (χ3v) is 4.65. The predicted octanol–water partition coefficient (Wildman–Crippen LogP) is 3.86. The minimum absolute atomic E-state index is 0.270. The molecule has 0 aliphatic heterocycles. The summed E-state index contributed by atoms with van der Waals surface area (Å²) in [5, 5.41) is 8.37. The number of alkyl halides is 3. The molecule has 2 aromatic rings. The lowest BCUT2D eigenvalue weighted by Crippen LogP contribution is -2.17. The van der Waals surface area contributed by atoms with Crippen molar-refractivity contribution >= 4 is 33.3 Å². The largest absolute Gasteiger partial charge is 0.478 e. The molecule has 0 aliphatic carbocycles. The average molecular weight is 380 g/mol. The maximum Gasteiger partial charge on any atom is 0.417 e. The van der Waals surface area contributed by atoms with Crippen LogP contribution in [0.1, 0.15) is 15.9 Å². The third-order valence-electron chi connectivity index (χ3n) is 2.96. The maximum atomic E-state index is 12.8. The maximum absolute atomic E-state index is 12.8. The van der Waals surface area contributed by atoms with Crippen molar-refractivity contribution in [2.45, 2.75) is 11.1 Å². The monoisotopic (exact) mass is 379 g/mol. The van der Waals surface area contributed by atoms with Crippen LogP contribution in [-0.4, -0.2) is 19.5 Å². The molecular weight excluding hydrogens is 371 g/mol. The SMILES string of the molecule is O=C(O)c1ccccc1NS(=O)(=O)c1ccc(Cl)c(C(F)(F)F)c1. The summed E-state index contributed by atoms with van der Waals surface area (Å²) in [4.78, 5) is 10.4. The van der Waals surface area contributed by atoms with E-state index < -0.39 is 37.7 Å². The molecule has 0 bridgehead atoms. The van der Waals surface area contributed by atoms with Gasteiger partial charge in [-0.25, -0.2) is 13.2 Å². The van der Waals surface area contributed by atoms with Gasteiger partial charge in [-0.1, -0.05) is 23.7 Å². The number of halogens is 4. The fraction of sp³-hybridized carbons (Fsp3) is 0.0714. The second-order valence-corrected chi connectivity index (χ2v) is 6.69. The normalized spacial score (nSPS) is 12.0. The van der Waals surface area contributed by atoms with Crippen molar-refractivity contribution in [2.75, 3.05) is 4.72 Å². The number of anilines is 1. The van der Waals surface area contributed by atoms with Crippen molar-refractivity contribution in [3.05, 3.63) is 58.6 Å². The van der Waals surface area contributed by atoms with Crippen LogP contribution in [0.15, 0.2) is 47.4 Å². The number of para-hydroxylation sites is 1. The summed E-state index contributed by atoms with van der Waals surface area (Å²) in [5.74, 6) is -1.39. The zero-order chi connectivity index (χ0) is 18.1. The number of hydrogen-bond acceptors (Lipinski definition) is 3. The topological polar surface area (TPSA) is 83.5 Å². The van der Waals surface area contributed by atoms with Crippen LogP contribution in [0.25, 0.3) is 0 Å². The van der Waals surface area contributed by atoms with Crippen molar-refractivity contribution in [2.24, 2.45) is 0 Å². The highest BCUT2D eigenvalue weighted by Gasteiger charge is 2.34. The molecule has 0 aliphatic rings. The van der Waals surface area contributed by atoms with E-state index in [4.69, 9.17) is 16.7 Å². The van der Waals surface area contributed by atoms with Crippen LogP contribution in [0.5, 0.6) is 0 Å². The Balaban J connectivity index is 2.48. The van der Waals surface area contributed by atoms with Crippen LogP contribution >= 0.6 is 11.6 Å². The van der Waals surface area contributed by atoms with E-state index in [1.165, 1.54) is 18.2 Å². The number of hydrogen-bond donors (Lipinski definition) is 2. The predicted molar refractivity (Wildman–Crippen MR) is 80.7 cm³/mol. The summed E-state index contributed by atoms with van der Waals surface area (Å²) >= 11 is 5.44. The Morgan fingerprint density at radius 3 is 2.33 bits per heavy atom. The first kappa shape index (κ1) is 18.1. The zero-order valence-corrected chi connectivity index (χ0v) is 13.2. The van der Waals surface area contributed by atoms with E-state index in [-0.39, 0.29) is 11.3 Å². The van der Waals surface area contributed by atoms with E-state index in [1.807, 2.05) is 4.72 Å². The molecule has 2 rings (SSSR count). The lowest BCUT2D eigenvalue weighted by molar-refractivity contribution is -0.137. The van der Waals surface area contributed by atoms with Crippen LogP contribution in [0.4, 0.5) is 18.9 Å². The average Bonchev–Trinajstić information content (AvgIpc) is 2.46. The van der Waals surface area contributed by atoms with Gasteiger partial charge in [-0.2, -0.15) is 13.2 Å². The zero-order valence-electron chi connectivity index (χ0n) is 11.6. The standard InChI is InChI=1S/C14H9ClF3NO4S/c15-11-6-5-8(7-10(11)14(16,17)18)24(22,23)19-12-4-2-1-3-9(12)13(20)21/h1-7,19H,(H,20,21). The second-order valence-electron chi connectivity index (χ2n) is 4.60. The number of carbonyl (C=O) groups is 1. The Kier molecular flexibility index (Phi) is 4.77.